The van der Waals surface area contributed by atoms with Crippen molar-refractivity contribution in [3.8, 4) is 5.69 Å². The van der Waals surface area contributed by atoms with Gasteiger partial charge in [-0.1, -0.05) is 19.3 Å². The summed E-state index contributed by atoms with van der Waals surface area (Å²) in [5, 5.41) is 16.3. The molecule has 1 aliphatic carbocycles. The number of amides is 1. The molecule has 28 heavy (non-hydrogen) atoms. The van der Waals surface area contributed by atoms with Gasteiger partial charge in [-0.05, 0) is 49.9 Å². The molecule has 8 nitrogen and oxygen atoms in total. The van der Waals surface area contributed by atoms with Crippen LogP contribution < -0.4 is 11.0 Å². The van der Waals surface area contributed by atoms with Crippen LogP contribution in [-0.2, 0) is 16.6 Å². The summed E-state index contributed by atoms with van der Waals surface area (Å²) >= 11 is 0. The van der Waals surface area contributed by atoms with E-state index in [9.17, 15) is 19.5 Å². The minimum absolute atomic E-state index is 0.0590. The van der Waals surface area contributed by atoms with E-state index in [0.29, 0.717) is 11.4 Å². The molecule has 2 N–H and O–H groups in total. The smallest absolute Gasteiger partial charge is 0.350 e. The number of hydrogen-bond donors (Lipinski definition) is 2. The summed E-state index contributed by atoms with van der Waals surface area (Å²) in [7, 11) is 1.62. The first-order chi connectivity index (χ1) is 13.3. The molecule has 1 unspecified atom stereocenters. The highest BCUT2D eigenvalue weighted by molar-refractivity contribution is 5.97. The second-order valence-corrected chi connectivity index (χ2v) is 7.76. The number of anilines is 1. The van der Waals surface area contributed by atoms with Crippen molar-refractivity contribution in [2.24, 2.45) is 18.4 Å². The molecule has 0 spiro atoms. The van der Waals surface area contributed by atoms with Gasteiger partial charge in [0.15, 0.2) is 0 Å². The molecule has 1 aromatic heterocycles. The van der Waals surface area contributed by atoms with Crippen LogP contribution in [0.5, 0.6) is 0 Å². The standard InChI is InChI=1S/C20H26N4O4/c1-20(12-17(25)26,14-6-4-3-5-7-14)18(27)22-15-8-10-16(11-9-15)24-19(28)23(2)13-21-24/h8-11,13-14H,3-7,12H2,1-2H3,(H,22,27)(H,25,26). The zero-order valence-corrected chi connectivity index (χ0v) is 16.2. The Balaban J connectivity index is 1.78. The van der Waals surface area contributed by atoms with E-state index >= 15 is 0 Å². The summed E-state index contributed by atoms with van der Waals surface area (Å²) in [5.41, 5.74) is -0.0690. The molecule has 1 atom stereocenters. The number of hydrogen-bond acceptors (Lipinski definition) is 4. The molecule has 1 aliphatic rings. The number of carbonyl (C=O) groups is 2. The SMILES string of the molecule is Cn1cnn(-c2ccc(NC(=O)C(C)(CC(=O)O)C3CCCCC3)cc2)c1=O. The van der Waals surface area contributed by atoms with Gasteiger partial charge >= 0.3 is 11.7 Å². The highest BCUT2D eigenvalue weighted by Gasteiger charge is 2.43. The van der Waals surface area contributed by atoms with Crippen LogP contribution in [0.1, 0.15) is 45.4 Å². The maximum atomic E-state index is 13.0. The Morgan fingerprint density at radius 2 is 1.86 bits per heavy atom. The Morgan fingerprint density at radius 1 is 1.21 bits per heavy atom. The second-order valence-electron chi connectivity index (χ2n) is 7.76. The van der Waals surface area contributed by atoms with Gasteiger partial charge in [-0.2, -0.15) is 9.78 Å². The van der Waals surface area contributed by atoms with Crippen molar-refractivity contribution in [3.05, 3.63) is 41.1 Å². The van der Waals surface area contributed by atoms with Crippen molar-refractivity contribution < 1.29 is 14.7 Å². The molecule has 1 fully saturated rings. The van der Waals surface area contributed by atoms with Crippen LogP contribution in [0, 0.1) is 11.3 Å². The van der Waals surface area contributed by atoms with Crippen LogP contribution in [0.2, 0.25) is 0 Å². The molecule has 0 bridgehead atoms. The lowest BCUT2D eigenvalue weighted by atomic mass is 9.67. The normalized spacial score (nSPS) is 17.1. The highest BCUT2D eigenvalue weighted by Crippen LogP contribution is 2.42. The third-order valence-electron chi connectivity index (χ3n) is 5.74. The second kappa shape index (κ2) is 8.00. The van der Waals surface area contributed by atoms with Gasteiger partial charge in [-0.3, -0.25) is 14.2 Å². The lowest BCUT2D eigenvalue weighted by Crippen LogP contribution is -2.42. The number of benzene rings is 1. The summed E-state index contributed by atoms with van der Waals surface area (Å²) in [4.78, 5) is 36.4. The Morgan fingerprint density at radius 3 is 2.39 bits per heavy atom. The van der Waals surface area contributed by atoms with Crippen molar-refractivity contribution in [2.45, 2.75) is 45.4 Å². The maximum Gasteiger partial charge on any atom is 0.350 e. The third-order valence-corrected chi connectivity index (χ3v) is 5.74. The van der Waals surface area contributed by atoms with Gasteiger partial charge in [0.25, 0.3) is 0 Å². The molecule has 150 valence electrons. The van der Waals surface area contributed by atoms with E-state index in [1.54, 1.807) is 38.2 Å². The van der Waals surface area contributed by atoms with Crippen molar-refractivity contribution in [3.63, 3.8) is 0 Å². The molecule has 1 amide bonds. The Hall–Kier alpha value is -2.90. The van der Waals surface area contributed by atoms with Gasteiger partial charge in [0, 0.05) is 12.7 Å². The molecular weight excluding hydrogens is 360 g/mol. The van der Waals surface area contributed by atoms with Crippen molar-refractivity contribution >= 4 is 17.6 Å². The number of carboxylic acid groups (broad SMARTS) is 1. The van der Waals surface area contributed by atoms with E-state index in [2.05, 4.69) is 10.4 Å². The van der Waals surface area contributed by atoms with E-state index in [-0.39, 0.29) is 23.9 Å². The molecule has 1 heterocycles. The van der Waals surface area contributed by atoms with Gasteiger partial charge in [-0.25, -0.2) is 4.79 Å². The van der Waals surface area contributed by atoms with E-state index in [0.717, 1.165) is 32.1 Å². The monoisotopic (exact) mass is 386 g/mol. The Bertz CT molecular complexity index is 909. The molecule has 0 aliphatic heterocycles. The average molecular weight is 386 g/mol. The van der Waals surface area contributed by atoms with Crippen molar-refractivity contribution in [2.75, 3.05) is 5.32 Å². The van der Waals surface area contributed by atoms with Crippen molar-refractivity contribution in [1.82, 2.24) is 14.3 Å². The Labute approximate surface area is 163 Å². The molecule has 0 radical (unpaired) electrons. The lowest BCUT2D eigenvalue weighted by Gasteiger charge is -2.37. The summed E-state index contributed by atoms with van der Waals surface area (Å²) < 4.78 is 2.64. The summed E-state index contributed by atoms with van der Waals surface area (Å²) in [6.07, 6.45) is 6.18. The van der Waals surface area contributed by atoms with Crippen LogP contribution in [0.25, 0.3) is 5.69 Å². The van der Waals surface area contributed by atoms with Gasteiger partial charge < -0.3 is 10.4 Å². The van der Waals surface area contributed by atoms with Gasteiger partial charge in [0.1, 0.15) is 6.33 Å². The fourth-order valence-electron chi connectivity index (χ4n) is 3.98. The molecule has 1 aromatic carbocycles. The topological polar surface area (TPSA) is 106 Å². The first kappa shape index (κ1) is 19.9. The van der Waals surface area contributed by atoms with Gasteiger partial charge in [0.05, 0.1) is 17.5 Å². The summed E-state index contributed by atoms with van der Waals surface area (Å²) in [5.74, 6) is -1.18. The number of aromatic nitrogens is 3. The third kappa shape index (κ3) is 4.00. The molecule has 1 saturated carbocycles. The minimum Gasteiger partial charge on any atom is -0.481 e. The van der Waals surface area contributed by atoms with Crippen LogP contribution >= 0.6 is 0 Å². The summed E-state index contributed by atoms with van der Waals surface area (Å²) in [6.45, 7) is 1.76. The van der Waals surface area contributed by atoms with Gasteiger partial charge in [-0.15, -0.1) is 0 Å². The van der Waals surface area contributed by atoms with Crippen LogP contribution in [-0.4, -0.2) is 31.3 Å². The lowest BCUT2D eigenvalue weighted by molar-refractivity contribution is -0.145. The van der Waals surface area contributed by atoms with E-state index < -0.39 is 11.4 Å². The quantitative estimate of drug-likeness (QED) is 0.794. The van der Waals surface area contributed by atoms with E-state index in [4.69, 9.17) is 0 Å². The van der Waals surface area contributed by atoms with Crippen LogP contribution in [0.4, 0.5) is 5.69 Å². The number of rotatable bonds is 6. The number of carboxylic acids is 1. The highest BCUT2D eigenvalue weighted by atomic mass is 16.4. The maximum absolute atomic E-state index is 13.0. The number of nitrogens with one attached hydrogen (secondary N) is 1. The first-order valence-electron chi connectivity index (χ1n) is 9.55. The van der Waals surface area contributed by atoms with Gasteiger partial charge in [0.2, 0.25) is 5.91 Å². The van der Waals surface area contributed by atoms with E-state index in [1.165, 1.54) is 15.6 Å². The zero-order chi connectivity index (χ0) is 20.3. The number of carbonyl (C=O) groups excluding carboxylic acids is 1. The number of nitrogens with zero attached hydrogens (tertiary/aromatic N) is 3. The van der Waals surface area contributed by atoms with Crippen LogP contribution in [0.3, 0.4) is 0 Å². The van der Waals surface area contributed by atoms with E-state index in [1.807, 2.05) is 0 Å². The summed E-state index contributed by atoms with van der Waals surface area (Å²) in [6, 6.07) is 6.77. The molecular formula is C20H26N4O4. The minimum atomic E-state index is -0.965. The molecule has 0 saturated heterocycles. The van der Waals surface area contributed by atoms with Crippen molar-refractivity contribution in [1.29, 1.82) is 0 Å². The predicted octanol–water partition coefficient (Wildman–Crippen LogP) is 2.57. The average Bonchev–Trinajstić information content (AvgIpc) is 3.01. The fraction of sp³-hybridized carbons (Fsp3) is 0.500. The number of aryl methyl sites for hydroxylation is 1. The molecule has 8 heteroatoms. The molecule has 3 rings (SSSR count). The van der Waals surface area contributed by atoms with Crippen LogP contribution in [0.15, 0.2) is 35.4 Å². The Kier molecular flexibility index (Phi) is 5.67. The predicted molar refractivity (Wildman–Crippen MR) is 104 cm³/mol. The molecule has 2 aromatic rings. The fourth-order valence-corrected chi connectivity index (χ4v) is 3.98. The zero-order valence-electron chi connectivity index (χ0n) is 16.2. The number of aliphatic carboxylic acids is 1. The largest absolute Gasteiger partial charge is 0.481 e. The first-order valence-corrected chi connectivity index (χ1v) is 9.55.